The molecule has 2 aliphatic rings. The van der Waals surface area contributed by atoms with Gasteiger partial charge in [-0.2, -0.15) is 0 Å². The predicted molar refractivity (Wildman–Crippen MR) is 78.1 cm³/mol. The Morgan fingerprint density at radius 2 is 1.74 bits per heavy atom. The summed E-state index contributed by atoms with van der Waals surface area (Å²) in [5.41, 5.74) is 0.0814. The maximum atomic E-state index is 12.3. The van der Waals surface area contributed by atoms with Crippen LogP contribution in [-0.2, 0) is 4.79 Å². The fourth-order valence-corrected chi connectivity index (χ4v) is 3.40. The van der Waals surface area contributed by atoms with Gasteiger partial charge in [0, 0.05) is 30.2 Å². The van der Waals surface area contributed by atoms with E-state index in [0.29, 0.717) is 18.6 Å². The molecule has 2 atom stereocenters. The summed E-state index contributed by atoms with van der Waals surface area (Å²) in [6, 6.07) is 0.754. The number of piperidine rings is 1. The Bertz CT molecular complexity index is 353. The normalized spacial score (nSPS) is 30.4. The molecule has 0 aromatic rings. The van der Waals surface area contributed by atoms with Crippen LogP contribution < -0.4 is 5.32 Å². The van der Waals surface area contributed by atoms with E-state index in [1.165, 1.54) is 0 Å². The molecule has 2 unspecified atom stereocenters. The topological polar surface area (TPSA) is 35.6 Å². The van der Waals surface area contributed by atoms with E-state index in [2.05, 4.69) is 56.7 Å². The van der Waals surface area contributed by atoms with Gasteiger partial charge in [-0.3, -0.25) is 9.69 Å². The van der Waals surface area contributed by atoms with Crippen molar-refractivity contribution in [3.05, 3.63) is 0 Å². The van der Waals surface area contributed by atoms with Gasteiger partial charge in [0.05, 0.1) is 12.6 Å². The third-order valence-corrected chi connectivity index (χ3v) is 4.37. The zero-order valence-electron chi connectivity index (χ0n) is 13.3. The van der Waals surface area contributed by atoms with Crippen LogP contribution in [0.5, 0.6) is 0 Å². The van der Waals surface area contributed by atoms with E-state index in [1.807, 2.05) is 0 Å². The largest absolute Gasteiger partial charge is 0.331 e. The molecule has 110 valence electrons. The molecule has 1 amide bonds. The van der Waals surface area contributed by atoms with E-state index in [4.69, 9.17) is 0 Å². The number of carbonyl (C=O) groups excluding carboxylic acids is 1. The molecular weight excluding hydrogens is 238 g/mol. The van der Waals surface area contributed by atoms with Crippen molar-refractivity contribution in [3.63, 3.8) is 0 Å². The first-order valence-corrected chi connectivity index (χ1v) is 7.41. The van der Waals surface area contributed by atoms with Gasteiger partial charge in [-0.15, -0.1) is 0 Å². The summed E-state index contributed by atoms with van der Waals surface area (Å²) in [7, 11) is 0. The molecule has 0 aromatic carbocycles. The number of carbonyl (C=O) groups is 1. The van der Waals surface area contributed by atoms with Gasteiger partial charge in [0.15, 0.2) is 0 Å². The lowest BCUT2D eigenvalue weighted by molar-refractivity contribution is -0.146. The lowest BCUT2D eigenvalue weighted by Gasteiger charge is -2.54. The fourth-order valence-electron chi connectivity index (χ4n) is 3.40. The minimum absolute atomic E-state index is 0.0943. The Morgan fingerprint density at radius 1 is 1.11 bits per heavy atom. The quantitative estimate of drug-likeness (QED) is 0.722. The predicted octanol–water partition coefficient (Wildman–Crippen LogP) is 1.46. The van der Waals surface area contributed by atoms with E-state index >= 15 is 0 Å². The van der Waals surface area contributed by atoms with Crippen molar-refractivity contribution in [1.29, 1.82) is 0 Å². The average Bonchev–Trinajstić information content (AvgIpc) is 2.24. The molecule has 0 spiro atoms. The molecule has 4 nitrogen and oxygen atoms in total. The van der Waals surface area contributed by atoms with Crippen molar-refractivity contribution >= 4 is 5.91 Å². The highest BCUT2D eigenvalue weighted by atomic mass is 16.2. The number of piperazine rings is 1. The maximum Gasteiger partial charge on any atom is 0.237 e. The molecule has 0 saturated carbocycles. The number of amides is 1. The summed E-state index contributed by atoms with van der Waals surface area (Å²) in [5, 5.41) is 3.43. The number of hydrogen-bond donors (Lipinski definition) is 1. The number of nitrogens with zero attached hydrogens (tertiary/aromatic N) is 2. The van der Waals surface area contributed by atoms with Gasteiger partial charge in [-0.25, -0.2) is 0 Å². The Labute approximate surface area is 117 Å². The molecule has 2 aliphatic heterocycles. The maximum absolute atomic E-state index is 12.3. The molecule has 0 radical (unpaired) electrons. The molecule has 19 heavy (non-hydrogen) atoms. The van der Waals surface area contributed by atoms with Gasteiger partial charge >= 0.3 is 0 Å². The number of rotatable bonds is 0. The van der Waals surface area contributed by atoms with Crippen molar-refractivity contribution in [2.75, 3.05) is 19.6 Å². The third kappa shape index (κ3) is 2.95. The second kappa shape index (κ2) is 4.74. The highest BCUT2D eigenvalue weighted by Gasteiger charge is 2.44. The van der Waals surface area contributed by atoms with E-state index < -0.39 is 0 Å². The molecular formula is C15H29N3O. The molecule has 2 fully saturated rings. The van der Waals surface area contributed by atoms with Crippen LogP contribution >= 0.6 is 0 Å². The Balaban J connectivity index is 2.22. The fraction of sp³-hybridized carbons (Fsp3) is 0.933. The summed E-state index contributed by atoms with van der Waals surface area (Å²) >= 11 is 0. The summed E-state index contributed by atoms with van der Waals surface area (Å²) in [6.45, 7) is 15.8. The highest BCUT2D eigenvalue weighted by Crippen LogP contribution is 2.29. The molecule has 1 N–H and O–H groups in total. The van der Waals surface area contributed by atoms with Crippen LogP contribution in [0, 0.1) is 0 Å². The first-order chi connectivity index (χ1) is 8.60. The van der Waals surface area contributed by atoms with Crippen molar-refractivity contribution in [1.82, 2.24) is 15.1 Å². The van der Waals surface area contributed by atoms with E-state index in [0.717, 1.165) is 19.5 Å². The number of nitrogens with one attached hydrogen (secondary N) is 1. The lowest BCUT2D eigenvalue weighted by Crippen LogP contribution is -2.71. The number of fused-ring (bicyclic) bond motifs is 1. The van der Waals surface area contributed by atoms with Crippen LogP contribution in [0.1, 0.15) is 48.0 Å². The van der Waals surface area contributed by atoms with Crippen LogP contribution in [0.25, 0.3) is 0 Å². The number of likely N-dealkylation sites (tertiary alicyclic amines) is 1. The summed E-state index contributed by atoms with van der Waals surface area (Å²) in [4.78, 5) is 16.9. The van der Waals surface area contributed by atoms with E-state index in [-0.39, 0.29) is 17.0 Å². The van der Waals surface area contributed by atoms with Crippen LogP contribution in [0.15, 0.2) is 0 Å². The summed E-state index contributed by atoms with van der Waals surface area (Å²) < 4.78 is 0. The highest BCUT2D eigenvalue weighted by molar-refractivity contribution is 5.80. The SMILES string of the molecule is CC(C)(C)N1CCC2NCC(=O)N(C(C)(C)C)C2C1. The minimum atomic E-state index is -0.0943. The number of hydrogen-bond acceptors (Lipinski definition) is 3. The second-order valence-electron chi connectivity index (χ2n) is 7.89. The van der Waals surface area contributed by atoms with Crippen molar-refractivity contribution < 1.29 is 4.79 Å². The minimum Gasteiger partial charge on any atom is -0.331 e. The van der Waals surface area contributed by atoms with Gasteiger partial charge in [-0.05, 0) is 48.0 Å². The van der Waals surface area contributed by atoms with Gasteiger partial charge in [0.2, 0.25) is 5.91 Å². The van der Waals surface area contributed by atoms with E-state index in [1.54, 1.807) is 0 Å². The van der Waals surface area contributed by atoms with Crippen molar-refractivity contribution in [2.24, 2.45) is 0 Å². The van der Waals surface area contributed by atoms with Crippen molar-refractivity contribution in [2.45, 2.75) is 71.1 Å². The first-order valence-electron chi connectivity index (χ1n) is 7.41. The van der Waals surface area contributed by atoms with Gasteiger partial charge in [-0.1, -0.05) is 0 Å². The standard InChI is InChI=1S/C15H29N3O/c1-14(2,3)17-8-7-11-12(10-17)18(15(4,5)6)13(19)9-16-11/h11-12,16H,7-10H2,1-6H3. The van der Waals surface area contributed by atoms with Gasteiger partial charge in [0.1, 0.15) is 0 Å². The van der Waals surface area contributed by atoms with Crippen molar-refractivity contribution in [3.8, 4) is 0 Å². The first kappa shape index (κ1) is 14.8. The molecule has 0 bridgehead atoms. The van der Waals surface area contributed by atoms with Crippen LogP contribution in [0.2, 0.25) is 0 Å². The lowest BCUT2D eigenvalue weighted by atomic mass is 9.88. The molecule has 4 heteroatoms. The zero-order valence-corrected chi connectivity index (χ0v) is 13.3. The zero-order chi connectivity index (χ0) is 14.4. The van der Waals surface area contributed by atoms with E-state index in [9.17, 15) is 4.79 Å². The smallest absolute Gasteiger partial charge is 0.237 e. The monoisotopic (exact) mass is 267 g/mol. The van der Waals surface area contributed by atoms with Gasteiger partial charge in [0.25, 0.3) is 0 Å². The van der Waals surface area contributed by atoms with Crippen LogP contribution in [0.4, 0.5) is 0 Å². The molecule has 2 rings (SSSR count). The van der Waals surface area contributed by atoms with Crippen LogP contribution in [0.3, 0.4) is 0 Å². The second-order valence-corrected chi connectivity index (χ2v) is 7.89. The third-order valence-electron chi connectivity index (χ3n) is 4.37. The summed E-state index contributed by atoms with van der Waals surface area (Å²) in [6.07, 6.45) is 1.13. The summed E-state index contributed by atoms with van der Waals surface area (Å²) in [5.74, 6) is 0.240. The Hall–Kier alpha value is -0.610. The molecule has 2 saturated heterocycles. The van der Waals surface area contributed by atoms with Crippen LogP contribution in [-0.4, -0.2) is 58.5 Å². The molecule has 0 aromatic heterocycles. The Morgan fingerprint density at radius 3 is 2.26 bits per heavy atom. The molecule has 2 heterocycles. The average molecular weight is 267 g/mol. The van der Waals surface area contributed by atoms with Gasteiger partial charge < -0.3 is 10.2 Å². The Kier molecular flexibility index (Phi) is 3.69. The molecule has 0 aliphatic carbocycles.